The van der Waals surface area contributed by atoms with Gasteiger partial charge in [0.2, 0.25) is 0 Å². The number of nitrogens with zero attached hydrogens (tertiary/aromatic N) is 1. The molecule has 0 aromatic carbocycles. The second kappa shape index (κ2) is 5.16. The van der Waals surface area contributed by atoms with Crippen LogP contribution in [0.25, 0.3) is 0 Å². The van der Waals surface area contributed by atoms with E-state index in [2.05, 4.69) is 6.07 Å². The van der Waals surface area contributed by atoms with E-state index < -0.39 is 0 Å². The first-order valence-corrected chi connectivity index (χ1v) is 4.78. The van der Waals surface area contributed by atoms with Crippen LogP contribution in [0.4, 0.5) is 0 Å². The van der Waals surface area contributed by atoms with Gasteiger partial charge in [0.25, 0.3) is 0 Å². The smallest absolute Gasteiger partial charge is 0.0729 e. The second-order valence-corrected chi connectivity index (χ2v) is 3.53. The lowest BCUT2D eigenvalue weighted by atomic mass is 9.84. The van der Waals surface area contributed by atoms with E-state index in [4.69, 9.17) is 10.00 Å². The summed E-state index contributed by atoms with van der Waals surface area (Å²) in [6, 6.07) is 2.19. The Morgan fingerprint density at radius 2 is 2.08 bits per heavy atom. The fraction of sp³-hybridized carbons (Fsp3) is 0.900. The molecular weight excluding hydrogens is 150 g/mol. The molecule has 1 rings (SSSR count). The van der Waals surface area contributed by atoms with E-state index in [1.54, 1.807) is 7.11 Å². The summed E-state index contributed by atoms with van der Waals surface area (Å²) in [5, 5.41) is 8.57. The molecule has 12 heavy (non-hydrogen) atoms. The van der Waals surface area contributed by atoms with Gasteiger partial charge < -0.3 is 4.74 Å². The Morgan fingerprint density at radius 3 is 2.58 bits per heavy atom. The van der Waals surface area contributed by atoms with Gasteiger partial charge in [0.15, 0.2) is 0 Å². The predicted octanol–water partition coefficient (Wildman–Crippen LogP) is 2.50. The number of ether oxygens (including phenoxy) is 1. The van der Waals surface area contributed by atoms with E-state index in [1.165, 1.54) is 32.1 Å². The van der Waals surface area contributed by atoms with Crippen LogP contribution in [0.3, 0.4) is 0 Å². The lowest BCUT2D eigenvalue weighted by Crippen LogP contribution is -2.24. The van der Waals surface area contributed by atoms with Crippen molar-refractivity contribution in [3.8, 4) is 6.07 Å². The summed E-state index contributed by atoms with van der Waals surface area (Å²) in [5.74, 6) is 0.642. The van der Waals surface area contributed by atoms with Crippen LogP contribution in [0, 0.1) is 17.2 Å². The molecule has 0 spiro atoms. The summed E-state index contributed by atoms with van der Waals surface area (Å²) >= 11 is 0. The molecule has 0 bridgehead atoms. The Bertz CT molecular complexity index is 156. The standard InChI is InChI=1S/C10H17NO/c1-12-10(7-8-11)9-5-3-2-4-6-9/h9-10H,2-7H2,1H3. The van der Waals surface area contributed by atoms with Gasteiger partial charge in [-0.2, -0.15) is 5.26 Å². The van der Waals surface area contributed by atoms with Crippen molar-refractivity contribution in [2.75, 3.05) is 7.11 Å². The molecule has 0 N–H and O–H groups in total. The van der Waals surface area contributed by atoms with Crippen molar-refractivity contribution >= 4 is 0 Å². The first-order chi connectivity index (χ1) is 5.88. The van der Waals surface area contributed by atoms with E-state index in [1.807, 2.05) is 0 Å². The van der Waals surface area contributed by atoms with Crippen molar-refractivity contribution in [1.29, 1.82) is 5.26 Å². The maximum atomic E-state index is 8.57. The van der Waals surface area contributed by atoms with Crippen molar-refractivity contribution in [1.82, 2.24) is 0 Å². The van der Waals surface area contributed by atoms with Crippen molar-refractivity contribution in [2.24, 2.45) is 5.92 Å². The zero-order chi connectivity index (χ0) is 8.81. The molecular formula is C10H17NO. The third-order valence-corrected chi connectivity index (χ3v) is 2.77. The van der Waals surface area contributed by atoms with Crippen LogP contribution in [-0.2, 0) is 4.74 Å². The highest BCUT2D eigenvalue weighted by molar-refractivity contribution is 4.82. The normalized spacial score (nSPS) is 21.7. The summed E-state index contributed by atoms with van der Waals surface area (Å²) in [6.45, 7) is 0. The van der Waals surface area contributed by atoms with Gasteiger partial charge in [-0.05, 0) is 18.8 Å². The highest BCUT2D eigenvalue weighted by Crippen LogP contribution is 2.28. The van der Waals surface area contributed by atoms with Crippen LogP contribution >= 0.6 is 0 Å². The molecule has 0 aromatic rings. The minimum Gasteiger partial charge on any atom is -0.380 e. The summed E-state index contributed by atoms with van der Waals surface area (Å²) < 4.78 is 5.31. The monoisotopic (exact) mass is 167 g/mol. The van der Waals surface area contributed by atoms with Crippen molar-refractivity contribution in [2.45, 2.75) is 44.6 Å². The zero-order valence-corrected chi connectivity index (χ0v) is 7.75. The Kier molecular flexibility index (Phi) is 4.10. The van der Waals surface area contributed by atoms with Crippen LogP contribution < -0.4 is 0 Å². The van der Waals surface area contributed by atoms with Gasteiger partial charge >= 0.3 is 0 Å². The second-order valence-electron chi connectivity index (χ2n) is 3.53. The van der Waals surface area contributed by atoms with Gasteiger partial charge in [0.1, 0.15) is 0 Å². The highest BCUT2D eigenvalue weighted by atomic mass is 16.5. The molecule has 0 radical (unpaired) electrons. The van der Waals surface area contributed by atoms with Gasteiger partial charge in [-0.3, -0.25) is 0 Å². The maximum Gasteiger partial charge on any atom is 0.0729 e. The maximum absolute atomic E-state index is 8.57. The van der Waals surface area contributed by atoms with Gasteiger partial charge in [0, 0.05) is 7.11 Å². The van der Waals surface area contributed by atoms with E-state index in [0.717, 1.165) is 0 Å². The average Bonchev–Trinajstić information content (AvgIpc) is 2.15. The van der Waals surface area contributed by atoms with E-state index in [-0.39, 0.29) is 6.10 Å². The number of methoxy groups -OCH3 is 1. The fourth-order valence-electron chi connectivity index (χ4n) is 2.04. The molecule has 1 aliphatic carbocycles. The number of nitriles is 1. The van der Waals surface area contributed by atoms with Crippen molar-refractivity contribution < 1.29 is 4.74 Å². The lowest BCUT2D eigenvalue weighted by Gasteiger charge is -2.27. The van der Waals surface area contributed by atoms with E-state index in [0.29, 0.717) is 12.3 Å². The molecule has 1 unspecified atom stereocenters. The van der Waals surface area contributed by atoms with Crippen molar-refractivity contribution in [3.05, 3.63) is 0 Å². The molecule has 0 aliphatic heterocycles. The van der Waals surface area contributed by atoms with Gasteiger partial charge in [-0.25, -0.2) is 0 Å². The molecule has 1 fully saturated rings. The largest absolute Gasteiger partial charge is 0.380 e. The number of rotatable bonds is 3. The van der Waals surface area contributed by atoms with Gasteiger partial charge in [-0.15, -0.1) is 0 Å². The number of hydrogen-bond donors (Lipinski definition) is 0. The first kappa shape index (κ1) is 9.54. The SMILES string of the molecule is COC(CC#N)C1CCCCC1. The van der Waals surface area contributed by atoms with Crippen LogP contribution in [0.1, 0.15) is 38.5 Å². The third kappa shape index (κ3) is 2.49. The highest BCUT2D eigenvalue weighted by Gasteiger charge is 2.22. The Balaban J connectivity index is 2.36. The molecule has 0 heterocycles. The minimum atomic E-state index is 0.190. The summed E-state index contributed by atoms with van der Waals surface area (Å²) in [7, 11) is 1.72. The zero-order valence-electron chi connectivity index (χ0n) is 7.75. The van der Waals surface area contributed by atoms with Gasteiger partial charge in [0.05, 0.1) is 18.6 Å². The topological polar surface area (TPSA) is 33.0 Å². The van der Waals surface area contributed by atoms with Crippen LogP contribution in [-0.4, -0.2) is 13.2 Å². The average molecular weight is 167 g/mol. The molecule has 0 saturated heterocycles. The molecule has 1 saturated carbocycles. The van der Waals surface area contributed by atoms with Crippen molar-refractivity contribution in [3.63, 3.8) is 0 Å². The molecule has 1 aliphatic rings. The Hall–Kier alpha value is -0.550. The van der Waals surface area contributed by atoms with Crippen LogP contribution in [0.15, 0.2) is 0 Å². The van der Waals surface area contributed by atoms with E-state index in [9.17, 15) is 0 Å². The van der Waals surface area contributed by atoms with Crippen LogP contribution in [0.2, 0.25) is 0 Å². The summed E-state index contributed by atoms with van der Waals surface area (Å²) in [4.78, 5) is 0. The quantitative estimate of drug-likeness (QED) is 0.647. The molecule has 0 aromatic heterocycles. The minimum absolute atomic E-state index is 0.190. The molecule has 68 valence electrons. The van der Waals surface area contributed by atoms with Gasteiger partial charge in [-0.1, -0.05) is 19.3 Å². The Morgan fingerprint density at radius 1 is 1.42 bits per heavy atom. The number of hydrogen-bond acceptors (Lipinski definition) is 2. The third-order valence-electron chi connectivity index (χ3n) is 2.77. The van der Waals surface area contributed by atoms with Crippen LogP contribution in [0.5, 0.6) is 0 Å². The predicted molar refractivity (Wildman–Crippen MR) is 47.6 cm³/mol. The molecule has 2 nitrogen and oxygen atoms in total. The summed E-state index contributed by atoms with van der Waals surface area (Å²) in [6.07, 6.45) is 7.24. The summed E-state index contributed by atoms with van der Waals surface area (Å²) in [5.41, 5.74) is 0. The molecule has 1 atom stereocenters. The molecule has 2 heteroatoms. The Labute approximate surface area is 74.5 Å². The first-order valence-electron chi connectivity index (χ1n) is 4.78. The lowest BCUT2D eigenvalue weighted by molar-refractivity contribution is 0.0401. The van der Waals surface area contributed by atoms with E-state index >= 15 is 0 Å². The molecule has 0 amide bonds. The fourth-order valence-corrected chi connectivity index (χ4v) is 2.04.